The quantitative estimate of drug-likeness (QED) is 0.0807. The van der Waals surface area contributed by atoms with E-state index < -0.39 is 18.4 Å². The van der Waals surface area contributed by atoms with E-state index in [2.05, 4.69) is 20.8 Å². The van der Waals surface area contributed by atoms with E-state index in [4.69, 9.17) is 16.3 Å². The fourth-order valence-corrected chi connectivity index (χ4v) is 4.54. The van der Waals surface area contributed by atoms with Crippen LogP contribution in [0.1, 0.15) is 23.1 Å². The number of aromatic nitrogens is 2. The number of allylic oxidation sites excluding steroid dienone is 1. The van der Waals surface area contributed by atoms with Crippen LogP contribution in [0, 0.1) is 5.82 Å². The van der Waals surface area contributed by atoms with Crippen LogP contribution in [0.3, 0.4) is 0 Å². The summed E-state index contributed by atoms with van der Waals surface area (Å²) in [7, 11) is 1.55. The average molecular weight is 587 g/mol. The highest BCUT2D eigenvalue weighted by Crippen LogP contribution is 2.42. The molecule has 4 aromatic rings. The molecule has 0 saturated carbocycles. The predicted octanol–water partition coefficient (Wildman–Crippen LogP) is 6.54. The molecule has 1 aromatic heterocycles. The molecule has 214 valence electrons. The maximum Gasteiger partial charge on any atom is 0.393 e. The van der Waals surface area contributed by atoms with Crippen LogP contribution in [0.4, 0.5) is 17.6 Å². The first-order valence-corrected chi connectivity index (χ1v) is 13.0. The smallest absolute Gasteiger partial charge is 0.393 e. The van der Waals surface area contributed by atoms with Crippen LogP contribution in [0.2, 0.25) is 5.02 Å². The number of ether oxygens (including phenoxy) is 1. The molecule has 1 amide bonds. The first kappa shape index (κ1) is 29.8. The number of fused-ring (bicyclic) bond motifs is 1. The first-order valence-electron chi connectivity index (χ1n) is 12.7. The Kier molecular flexibility index (Phi) is 9.80. The molecule has 0 fully saturated rings. The van der Waals surface area contributed by atoms with Crippen molar-refractivity contribution >= 4 is 39.6 Å². The van der Waals surface area contributed by atoms with E-state index in [0.29, 0.717) is 47.5 Å². The van der Waals surface area contributed by atoms with Gasteiger partial charge in [0.05, 0.1) is 23.2 Å². The molecule has 0 atom stereocenters. The van der Waals surface area contributed by atoms with Gasteiger partial charge >= 0.3 is 6.18 Å². The summed E-state index contributed by atoms with van der Waals surface area (Å²) in [6.07, 6.45) is -1.15. The lowest BCUT2D eigenvalue weighted by Crippen LogP contribution is -2.21. The topological polar surface area (TPSA) is 79.0 Å². The summed E-state index contributed by atoms with van der Waals surface area (Å²) < 4.78 is 61.5. The number of halogens is 5. The molecular formula is C30H27ClF4N4O2. The SMILES string of the molecule is CNC(=O)/C=C/CNCCOc1ccc(/C(=C(/CC(F)(F)F)c2ccc(F)cc2Cl)c2ccc3[nH]ncc3c2)cc1. The van der Waals surface area contributed by atoms with Gasteiger partial charge in [-0.2, -0.15) is 18.3 Å². The number of hydrogen-bond acceptors (Lipinski definition) is 4. The zero-order valence-corrected chi connectivity index (χ0v) is 22.7. The van der Waals surface area contributed by atoms with Crippen molar-refractivity contribution in [3.63, 3.8) is 0 Å². The Morgan fingerprint density at radius 3 is 2.54 bits per heavy atom. The maximum absolute atomic E-state index is 14.0. The van der Waals surface area contributed by atoms with Gasteiger partial charge in [-0.25, -0.2) is 4.39 Å². The van der Waals surface area contributed by atoms with Gasteiger partial charge in [-0.15, -0.1) is 0 Å². The second-order valence-corrected chi connectivity index (χ2v) is 9.44. The van der Waals surface area contributed by atoms with Crippen molar-refractivity contribution in [2.75, 3.05) is 26.7 Å². The fraction of sp³-hybridized carbons (Fsp3) is 0.200. The lowest BCUT2D eigenvalue weighted by Gasteiger charge is -2.20. The maximum atomic E-state index is 14.0. The standard InChI is InChI=1S/C30H27ClF4N4O2/c1-36-28(40)3-2-12-37-13-14-41-23-8-4-19(5-9-23)29(20-6-11-27-21(15-20)18-38-39-27)25(17-30(33,34)35)24-10-7-22(32)16-26(24)31/h2-11,15-16,18,37H,12-14,17H2,1H3,(H,36,40)(H,38,39)/b3-2+,29-25+. The number of rotatable bonds is 11. The molecule has 0 aliphatic heterocycles. The van der Waals surface area contributed by atoms with E-state index in [1.165, 1.54) is 12.1 Å². The van der Waals surface area contributed by atoms with Crippen LogP contribution in [0.5, 0.6) is 5.75 Å². The minimum atomic E-state index is -4.57. The van der Waals surface area contributed by atoms with Gasteiger partial charge in [-0.3, -0.25) is 9.89 Å². The Morgan fingerprint density at radius 1 is 1.07 bits per heavy atom. The molecule has 0 saturated heterocycles. The highest BCUT2D eigenvalue weighted by atomic mass is 35.5. The van der Waals surface area contributed by atoms with Crippen LogP contribution in [-0.2, 0) is 4.79 Å². The van der Waals surface area contributed by atoms with E-state index in [1.807, 2.05) is 0 Å². The van der Waals surface area contributed by atoms with E-state index in [9.17, 15) is 22.4 Å². The van der Waals surface area contributed by atoms with Gasteiger partial charge in [-0.1, -0.05) is 41.9 Å². The van der Waals surface area contributed by atoms with E-state index >= 15 is 0 Å². The van der Waals surface area contributed by atoms with Crippen molar-refractivity contribution in [2.45, 2.75) is 12.6 Å². The van der Waals surface area contributed by atoms with Gasteiger partial charge in [0.25, 0.3) is 0 Å². The van der Waals surface area contributed by atoms with Crippen LogP contribution < -0.4 is 15.4 Å². The number of alkyl halides is 3. The van der Waals surface area contributed by atoms with Crippen molar-refractivity contribution in [3.8, 4) is 5.75 Å². The number of carbonyl (C=O) groups excluding carboxylic acids is 1. The summed E-state index contributed by atoms with van der Waals surface area (Å²) in [5, 5.41) is 13.0. The molecule has 6 nitrogen and oxygen atoms in total. The second kappa shape index (κ2) is 13.5. The molecule has 4 rings (SSSR count). The molecule has 0 aliphatic carbocycles. The Morgan fingerprint density at radius 2 is 1.83 bits per heavy atom. The highest BCUT2D eigenvalue weighted by Gasteiger charge is 2.32. The van der Waals surface area contributed by atoms with Gasteiger partial charge < -0.3 is 15.4 Å². The fourth-order valence-electron chi connectivity index (χ4n) is 4.26. The molecule has 1 heterocycles. The number of nitrogens with zero attached hydrogens (tertiary/aromatic N) is 1. The molecule has 41 heavy (non-hydrogen) atoms. The predicted molar refractivity (Wildman–Crippen MR) is 152 cm³/mol. The van der Waals surface area contributed by atoms with Crippen molar-refractivity contribution in [1.82, 2.24) is 20.8 Å². The number of amides is 1. The molecule has 0 spiro atoms. The molecule has 0 radical (unpaired) electrons. The number of nitrogens with one attached hydrogen (secondary N) is 3. The zero-order valence-electron chi connectivity index (χ0n) is 22.0. The molecular weight excluding hydrogens is 560 g/mol. The van der Waals surface area contributed by atoms with Gasteiger partial charge in [0.2, 0.25) is 5.91 Å². The van der Waals surface area contributed by atoms with E-state index in [-0.39, 0.29) is 22.1 Å². The summed E-state index contributed by atoms with van der Waals surface area (Å²) in [5.74, 6) is -0.315. The summed E-state index contributed by atoms with van der Waals surface area (Å²) in [6, 6.07) is 15.3. The largest absolute Gasteiger partial charge is 0.492 e. The van der Waals surface area contributed by atoms with Crippen molar-refractivity contribution < 1.29 is 27.1 Å². The molecule has 3 N–H and O–H groups in total. The number of hydrogen-bond donors (Lipinski definition) is 3. The Bertz CT molecular complexity index is 1560. The van der Waals surface area contributed by atoms with Crippen molar-refractivity contribution in [1.29, 1.82) is 0 Å². The summed E-state index contributed by atoms with van der Waals surface area (Å²) in [6.45, 7) is 1.32. The number of benzene rings is 3. The molecule has 0 aliphatic rings. The third-order valence-electron chi connectivity index (χ3n) is 6.13. The average Bonchev–Trinajstić information content (AvgIpc) is 3.40. The van der Waals surface area contributed by atoms with Gasteiger partial charge in [0, 0.05) is 31.6 Å². The Balaban J connectivity index is 1.67. The number of likely N-dealkylation sites (N-methyl/N-ethyl adjacent to an activating group) is 1. The van der Waals surface area contributed by atoms with Crippen molar-refractivity contribution in [2.24, 2.45) is 0 Å². The van der Waals surface area contributed by atoms with Gasteiger partial charge in [-0.05, 0) is 64.2 Å². The minimum absolute atomic E-state index is 0.0875. The molecule has 3 aromatic carbocycles. The lowest BCUT2D eigenvalue weighted by molar-refractivity contribution is -0.123. The number of carbonyl (C=O) groups is 1. The van der Waals surface area contributed by atoms with Crippen LogP contribution in [0.25, 0.3) is 22.0 Å². The summed E-state index contributed by atoms with van der Waals surface area (Å²) in [4.78, 5) is 11.2. The molecule has 0 bridgehead atoms. The summed E-state index contributed by atoms with van der Waals surface area (Å²) >= 11 is 6.29. The number of H-pyrrole nitrogens is 1. The Hall–Kier alpha value is -4.15. The van der Waals surface area contributed by atoms with Gasteiger partial charge in [0.15, 0.2) is 0 Å². The third-order valence-corrected chi connectivity index (χ3v) is 6.45. The van der Waals surface area contributed by atoms with E-state index in [1.54, 1.807) is 61.8 Å². The zero-order chi connectivity index (χ0) is 29.4. The Labute approximate surface area is 239 Å². The van der Waals surface area contributed by atoms with Crippen LogP contribution in [0.15, 0.2) is 79.0 Å². The van der Waals surface area contributed by atoms with Gasteiger partial charge in [0.1, 0.15) is 18.2 Å². The minimum Gasteiger partial charge on any atom is -0.492 e. The van der Waals surface area contributed by atoms with E-state index in [0.717, 1.165) is 17.6 Å². The first-order chi connectivity index (χ1) is 19.6. The summed E-state index contributed by atoms with van der Waals surface area (Å²) in [5.41, 5.74) is 2.04. The monoisotopic (exact) mass is 586 g/mol. The van der Waals surface area contributed by atoms with Crippen molar-refractivity contribution in [3.05, 3.63) is 107 Å². The second-order valence-electron chi connectivity index (χ2n) is 9.04. The molecule has 11 heteroatoms. The molecule has 0 unspecified atom stereocenters. The lowest BCUT2D eigenvalue weighted by atomic mass is 9.87. The third kappa shape index (κ3) is 8.18. The van der Waals surface area contributed by atoms with Crippen LogP contribution >= 0.6 is 11.6 Å². The normalized spacial score (nSPS) is 12.5. The highest BCUT2D eigenvalue weighted by molar-refractivity contribution is 6.32. The van der Waals surface area contributed by atoms with Crippen LogP contribution in [-0.4, -0.2) is 49.0 Å². The number of aromatic amines is 1.